The standard InChI is InChI=1S/C4H9FN2O2/c5-1-2-9-3-4(8)7-6/h1-3,6H2,(H,7,8). The fourth-order valence-electron chi connectivity index (χ4n) is 0.261. The quantitative estimate of drug-likeness (QED) is 0.224. The molecule has 1 amide bonds. The van der Waals surface area contributed by atoms with Crippen molar-refractivity contribution in [2.75, 3.05) is 19.9 Å². The Hall–Kier alpha value is -0.680. The minimum atomic E-state index is -0.585. The summed E-state index contributed by atoms with van der Waals surface area (Å²) in [4.78, 5) is 10.2. The summed E-state index contributed by atoms with van der Waals surface area (Å²) < 4.78 is 15.7. The second-order valence-electron chi connectivity index (χ2n) is 1.31. The van der Waals surface area contributed by atoms with Crippen molar-refractivity contribution >= 4 is 5.91 Å². The fourth-order valence-corrected chi connectivity index (χ4v) is 0.261. The van der Waals surface area contributed by atoms with E-state index in [0.29, 0.717) is 0 Å². The first-order valence-corrected chi connectivity index (χ1v) is 2.44. The van der Waals surface area contributed by atoms with Crippen molar-refractivity contribution in [2.45, 2.75) is 0 Å². The molecule has 4 nitrogen and oxygen atoms in total. The molecule has 0 radical (unpaired) electrons. The Labute approximate surface area is 52.1 Å². The number of carbonyl (C=O) groups is 1. The van der Waals surface area contributed by atoms with Gasteiger partial charge < -0.3 is 4.74 Å². The Bertz CT molecular complexity index is 88.6. The van der Waals surface area contributed by atoms with Gasteiger partial charge >= 0.3 is 0 Å². The minimum Gasteiger partial charge on any atom is -0.369 e. The van der Waals surface area contributed by atoms with Crippen molar-refractivity contribution in [3.63, 3.8) is 0 Å². The van der Waals surface area contributed by atoms with Gasteiger partial charge in [0.1, 0.15) is 13.3 Å². The van der Waals surface area contributed by atoms with Gasteiger partial charge in [0, 0.05) is 0 Å². The molecule has 0 aliphatic rings. The van der Waals surface area contributed by atoms with Gasteiger partial charge in [-0.15, -0.1) is 0 Å². The van der Waals surface area contributed by atoms with Gasteiger partial charge in [0.25, 0.3) is 5.91 Å². The summed E-state index contributed by atoms with van der Waals surface area (Å²) in [6.45, 7) is -0.828. The Morgan fingerprint density at radius 1 is 1.78 bits per heavy atom. The van der Waals surface area contributed by atoms with Crippen molar-refractivity contribution in [3.8, 4) is 0 Å². The first kappa shape index (κ1) is 8.32. The van der Waals surface area contributed by atoms with Crippen molar-refractivity contribution in [1.29, 1.82) is 0 Å². The molecule has 54 valence electrons. The molecule has 3 N–H and O–H groups in total. The predicted molar refractivity (Wildman–Crippen MR) is 29.1 cm³/mol. The maximum atomic E-state index is 11.3. The zero-order valence-electron chi connectivity index (χ0n) is 4.89. The number of hydrazine groups is 1. The maximum Gasteiger partial charge on any atom is 0.259 e. The van der Waals surface area contributed by atoms with Crippen LogP contribution < -0.4 is 11.3 Å². The molecule has 0 aromatic carbocycles. The monoisotopic (exact) mass is 136 g/mol. The van der Waals surface area contributed by atoms with Crippen LogP contribution in [0.25, 0.3) is 0 Å². The number of rotatable bonds is 4. The molecule has 0 aromatic heterocycles. The predicted octanol–water partition coefficient (Wildman–Crippen LogP) is -1.04. The first-order chi connectivity index (χ1) is 4.31. The number of hydrogen-bond acceptors (Lipinski definition) is 3. The average Bonchev–Trinajstić information content (AvgIpc) is 1.89. The van der Waals surface area contributed by atoms with E-state index < -0.39 is 12.6 Å². The summed E-state index contributed by atoms with van der Waals surface area (Å²) in [7, 11) is 0. The summed E-state index contributed by atoms with van der Waals surface area (Å²) in [5.74, 6) is 4.23. The highest BCUT2D eigenvalue weighted by molar-refractivity contribution is 5.76. The van der Waals surface area contributed by atoms with E-state index in [-0.39, 0.29) is 13.2 Å². The molecular formula is C4H9FN2O2. The first-order valence-electron chi connectivity index (χ1n) is 2.44. The maximum absolute atomic E-state index is 11.3. The molecule has 0 rings (SSSR count). The summed E-state index contributed by atoms with van der Waals surface area (Å²) >= 11 is 0. The molecule has 0 aliphatic heterocycles. The van der Waals surface area contributed by atoms with Crippen molar-refractivity contribution < 1.29 is 13.9 Å². The third kappa shape index (κ3) is 5.19. The smallest absolute Gasteiger partial charge is 0.259 e. The largest absolute Gasteiger partial charge is 0.369 e. The van der Waals surface area contributed by atoms with Crippen LogP contribution >= 0.6 is 0 Å². The summed E-state index contributed by atoms with van der Waals surface area (Å²) in [5, 5.41) is 0. The van der Waals surface area contributed by atoms with E-state index >= 15 is 0 Å². The molecule has 0 aliphatic carbocycles. The summed E-state index contributed by atoms with van der Waals surface area (Å²) in [6.07, 6.45) is 0. The molecule has 0 unspecified atom stereocenters. The molecule has 0 saturated heterocycles. The molecular weight excluding hydrogens is 127 g/mol. The number of nitrogens with two attached hydrogens (primary N) is 1. The Morgan fingerprint density at radius 2 is 2.44 bits per heavy atom. The number of halogens is 1. The number of amides is 1. The molecule has 0 spiro atoms. The van der Waals surface area contributed by atoms with Crippen LogP contribution in [0.5, 0.6) is 0 Å². The molecule has 9 heavy (non-hydrogen) atoms. The Balaban J connectivity index is 2.97. The lowest BCUT2D eigenvalue weighted by Crippen LogP contribution is -2.33. The van der Waals surface area contributed by atoms with Gasteiger partial charge in [0.2, 0.25) is 0 Å². The van der Waals surface area contributed by atoms with Crippen LogP contribution in [0.3, 0.4) is 0 Å². The highest BCUT2D eigenvalue weighted by Gasteiger charge is 1.95. The lowest BCUT2D eigenvalue weighted by atomic mass is 10.7. The van der Waals surface area contributed by atoms with E-state index in [4.69, 9.17) is 0 Å². The van der Waals surface area contributed by atoms with Crippen LogP contribution in [0.15, 0.2) is 0 Å². The zero-order valence-corrected chi connectivity index (χ0v) is 4.89. The van der Waals surface area contributed by atoms with Crippen LogP contribution in [-0.2, 0) is 9.53 Å². The lowest BCUT2D eigenvalue weighted by Gasteiger charge is -1.97. The van der Waals surface area contributed by atoms with Crippen LogP contribution in [0, 0.1) is 0 Å². The highest BCUT2D eigenvalue weighted by Crippen LogP contribution is 1.74. The topological polar surface area (TPSA) is 64.3 Å². The Morgan fingerprint density at radius 3 is 2.89 bits per heavy atom. The molecule has 0 saturated carbocycles. The third-order valence-corrected chi connectivity index (χ3v) is 0.616. The minimum absolute atomic E-state index is 0.0621. The van der Waals surface area contributed by atoms with Crippen molar-refractivity contribution in [1.82, 2.24) is 5.43 Å². The molecule has 5 heteroatoms. The van der Waals surface area contributed by atoms with Gasteiger partial charge in [-0.05, 0) is 0 Å². The number of nitrogens with one attached hydrogen (secondary N) is 1. The van der Waals surface area contributed by atoms with E-state index in [1.807, 2.05) is 5.43 Å². The van der Waals surface area contributed by atoms with Crippen molar-refractivity contribution in [2.24, 2.45) is 5.84 Å². The normalized spacial score (nSPS) is 9.11. The highest BCUT2D eigenvalue weighted by atomic mass is 19.1. The van der Waals surface area contributed by atoms with Gasteiger partial charge in [0.05, 0.1) is 6.61 Å². The number of alkyl halides is 1. The third-order valence-electron chi connectivity index (χ3n) is 0.616. The number of carbonyl (C=O) groups excluding carboxylic acids is 1. The lowest BCUT2D eigenvalue weighted by molar-refractivity contribution is -0.125. The second kappa shape index (κ2) is 5.46. The second-order valence-corrected chi connectivity index (χ2v) is 1.31. The van der Waals surface area contributed by atoms with Crippen molar-refractivity contribution in [3.05, 3.63) is 0 Å². The van der Waals surface area contributed by atoms with E-state index in [1.165, 1.54) is 0 Å². The van der Waals surface area contributed by atoms with E-state index in [0.717, 1.165) is 0 Å². The molecule has 0 atom stereocenters. The fraction of sp³-hybridized carbons (Fsp3) is 0.750. The van der Waals surface area contributed by atoms with Crippen LogP contribution in [0.4, 0.5) is 4.39 Å². The van der Waals surface area contributed by atoms with Crippen LogP contribution in [-0.4, -0.2) is 25.8 Å². The zero-order chi connectivity index (χ0) is 7.11. The van der Waals surface area contributed by atoms with E-state index in [2.05, 4.69) is 10.6 Å². The molecule has 0 heterocycles. The summed E-state index contributed by atoms with van der Waals surface area (Å²) in [6, 6.07) is 0. The molecule has 0 aromatic rings. The SMILES string of the molecule is NNC(=O)COCCF. The number of ether oxygens (including phenoxy) is 1. The molecule has 0 bridgehead atoms. The van der Waals surface area contributed by atoms with E-state index in [9.17, 15) is 9.18 Å². The van der Waals surface area contributed by atoms with Gasteiger partial charge in [-0.25, -0.2) is 10.2 Å². The van der Waals surface area contributed by atoms with Gasteiger partial charge in [-0.3, -0.25) is 10.2 Å². The Kier molecular flexibility index (Phi) is 5.04. The summed E-state index contributed by atoms with van der Waals surface area (Å²) in [5.41, 5.74) is 1.84. The number of hydrogen-bond donors (Lipinski definition) is 2. The molecule has 0 fully saturated rings. The van der Waals surface area contributed by atoms with Gasteiger partial charge in [-0.1, -0.05) is 0 Å². The van der Waals surface area contributed by atoms with Crippen LogP contribution in [0.2, 0.25) is 0 Å². The van der Waals surface area contributed by atoms with E-state index in [1.54, 1.807) is 0 Å². The van der Waals surface area contributed by atoms with Gasteiger partial charge in [0.15, 0.2) is 0 Å². The van der Waals surface area contributed by atoms with Crippen LogP contribution in [0.1, 0.15) is 0 Å². The average molecular weight is 136 g/mol. The van der Waals surface area contributed by atoms with Gasteiger partial charge in [-0.2, -0.15) is 0 Å².